The molecule has 0 amide bonds. The summed E-state index contributed by atoms with van der Waals surface area (Å²) in [7, 11) is 0. The molecule has 0 fully saturated rings. The third-order valence-electron chi connectivity index (χ3n) is 4.58. The number of benzene rings is 3. The predicted octanol–water partition coefficient (Wildman–Crippen LogP) is 5.30. The molecule has 134 valence electrons. The number of pyridine rings is 1. The molecule has 28 heavy (non-hydrogen) atoms. The number of fused-ring (bicyclic) bond motifs is 1. The zero-order valence-electron chi connectivity index (χ0n) is 15.0. The SMILES string of the molecule is N=[N+]=NCC(=O)c1cc(-c2ccccc2)nc2c(-c3ccccc3)cccc12. The van der Waals surface area contributed by atoms with Gasteiger partial charge in [-0.15, -0.1) is 0 Å². The fourth-order valence-electron chi connectivity index (χ4n) is 3.27. The first-order chi connectivity index (χ1) is 13.8. The average molecular weight is 365 g/mol. The van der Waals surface area contributed by atoms with E-state index in [1.165, 1.54) is 0 Å². The normalized spacial score (nSPS) is 10.4. The van der Waals surface area contributed by atoms with Crippen LogP contribution in [0, 0.1) is 5.53 Å². The van der Waals surface area contributed by atoms with Gasteiger partial charge in [-0.25, -0.2) is 4.98 Å². The first-order valence-corrected chi connectivity index (χ1v) is 8.89. The molecular formula is C23H17N4O+. The third kappa shape index (κ3) is 3.34. The highest BCUT2D eigenvalue weighted by molar-refractivity contribution is 6.11. The van der Waals surface area contributed by atoms with Crippen LogP contribution in [0.15, 0.2) is 90.0 Å². The molecule has 0 atom stereocenters. The Balaban J connectivity index is 2.02. The van der Waals surface area contributed by atoms with Crippen molar-refractivity contribution in [3.8, 4) is 22.4 Å². The lowest BCUT2D eigenvalue weighted by Crippen LogP contribution is -2.06. The molecule has 5 nitrogen and oxygen atoms in total. The monoisotopic (exact) mass is 365 g/mol. The molecular weight excluding hydrogens is 348 g/mol. The second-order valence-electron chi connectivity index (χ2n) is 6.31. The molecule has 3 aromatic carbocycles. The number of carbonyl (C=O) groups is 1. The number of Topliss-reactive ketones (excluding diaryl/α,β-unsaturated/α-hetero) is 1. The Hall–Kier alpha value is -3.95. The van der Waals surface area contributed by atoms with Gasteiger partial charge in [-0.3, -0.25) is 4.79 Å². The van der Waals surface area contributed by atoms with Gasteiger partial charge in [0.2, 0.25) is 4.91 Å². The van der Waals surface area contributed by atoms with Gasteiger partial charge < -0.3 is 0 Å². The van der Waals surface area contributed by atoms with Crippen molar-refractivity contribution >= 4 is 16.7 Å². The average Bonchev–Trinajstić information content (AvgIpc) is 2.77. The van der Waals surface area contributed by atoms with Gasteiger partial charge in [0.05, 0.1) is 11.2 Å². The van der Waals surface area contributed by atoms with Gasteiger partial charge in [-0.05, 0) is 11.6 Å². The molecule has 0 unspecified atom stereocenters. The molecule has 5 heteroatoms. The van der Waals surface area contributed by atoms with Gasteiger partial charge in [0.25, 0.3) is 0 Å². The molecule has 1 heterocycles. The van der Waals surface area contributed by atoms with Gasteiger partial charge in [-0.2, -0.15) is 0 Å². The second-order valence-corrected chi connectivity index (χ2v) is 6.31. The van der Waals surface area contributed by atoms with Crippen molar-refractivity contribution in [1.29, 1.82) is 5.53 Å². The molecule has 0 radical (unpaired) electrons. The third-order valence-corrected chi connectivity index (χ3v) is 4.58. The van der Waals surface area contributed by atoms with E-state index in [0.717, 1.165) is 33.3 Å². The molecule has 0 spiro atoms. The van der Waals surface area contributed by atoms with Crippen molar-refractivity contribution in [2.45, 2.75) is 0 Å². The second kappa shape index (κ2) is 7.74. The highest BCUT2D eigenvalue weighted by atomic mass is 16.1. The number of ketones is 1. The van der Waals surface area contributed by atoms with Crippen molar-refractivity contribution in [2.75, 3.05) is 6.54 Å². The number of aromatic nitrogens is 1. The number of para-hydroxylation sites is 1. The summed E-state index contributed by atoms with van der Waals surface area (Å²) < 4.78 is 0. The zero-order chi connectivity index (χ0) is 19.3. The summed E-state index contributed by atoms with van der Waals surface area (Å²) >= 11 is 0. The Bertz CT molecular complexity index is 1200. The Kier molecular flexibility index (Phi) is 4.83. The zero-order valence-corrected chi connectivity index (χ0v) is 15.0. The van der Waals surface area contributed by atoms with Gasteiger partial charge in [0.1, 0.15) is 10.6 Å². The van der Waals surface area contributed by atoms with Crippen LogP contribution in [0.3, 0.4) is 0 Å². The van der Waals surface area contributed by atoms with Crippen molar-refractivity contribution in [1.82, 2.24) is 9.90 Å². The fraction of sp³-hybridized carbons (Fsp3) is 0.0435. The van der Waals surface area contributed by atoms with Crippen LogP contribution in [0.4, 0.5) is 0 Å². The summed E-state index contributed by atoms with van der Waals surface area (Å²) in [5, 5.41) is 4.33. The molecule has 1 N–H and O–H groups in total. The van der Waals surface area contributed by atoms with Crippen LogP contribution in [-0.2, 0) is 0 Å². The van der Waals surface area contributed by atoms with Crippen LogP contribution in [0.25, 0.3) is 33.3 Å². The Morgan fingerprint density at radius 1 is 0.893 bits per heavy atom. The molecule has 0 bridgehead atoms. The van der Waals surface area contributed by atoms with Crippen molar-refractivity contribution in [3.05, 3.63) is 90.5 Å². The van der Waals surface area contributed by atoms with E-state index in [1.54, 1.807) is 6.07 Å². The molecule has 0 aliphatic heterocycles. The maximum absolute atomic E-state index is 12.8. The summed E-state index contributed by atoms with van der Waals surface area (Å²) in [6.45, 7) is -0.160. The standard InChI is InChI=1S/C23H17N4O/c24-27-25-15-22(28)20-14-21(17-10-5-2-6-11-17)26-23-18(12-7-13-19(20)23)16-8-3-1-4-9-16/h1-14,24H,15H2/q+1. The van der Waals surface area contributed by atoms with Gasteiger partial charge >= 0.3 is 0 Å². The smallest absolute Gasteiger partial charge is 0.214 e. The number of nitrogens with zero attached hydrogens (tertiary/aromatic N) is 3. The minimum Gasteiger partial charge on any atom is -0.292 e. The maximum Gasteiger partial charge on any atom is 0.214 e. The first kappa shape index (κ1) is 17.5. The number of nitrogens with one attached hydrogen (secondary N) is 1. The van der Waals surface area contributed by atoms with Crippen LogP contribution in [0.2, 0.25) is 0 Å². The maximum atomic E-state index is 12.8. The van der Waals surface area contributed by atoms with Crippen LogP contribution in [0.1, 0.15) is 10.4 Å². The van der Waals surface area contributed by atoms with E-state index >= 15 is 0 Å². The summed E-state index contributed by atoms with van der Waals surface area (Å²) in [5.41, 5.74) is 11.8. The lowest BCUT2D eigenvalue weighted by Gasteiger charge is -2.12. The van der Waals surface area contributed by atoms with E-state index in [-0.39, 0.29) is 12.3 Å². The Morgan fingerprint density at radius 2 is 1.57 bits per heavy atom. The molecule has 0 saturated heterocycles. The largest absolute Gasteiger partial charge is 0.292 e. The first-order valence-electron chi connectivity index (χ1n) is 8.89. The molecule has 0 aliphatic carbocycles. The Morgan fingerprint density at radius 3 is 2.25 bits per heavy atom. The van der Waals surface area contributed by atoms with Gasteiger partial charge in [0.15, 0.2) is 12.3 Å². The fourth-order valence-corrected chi connectivity index (χ4v) is 3.27. The van der Waals surface area contributed by atoms with E-state index in [2.05, 4.69) is 10.0 Å². The van der Waals surface area contributed by atoms with Crippen molar-refractivity contribution in [3.63, 3.8) is 0 Å². The number of hydrogen-bond acceptors (Lipinski definition) is 4. The summed E-state index contributed by atoms with van der Waals surface area (Å²) in [4.78, 5) is 20.7. The topological polar surface area (TPSA) is 80.3 Å². The van der Waals surface area contributed by atoms with Crippen molar-refractivity contribution in [2.24, 2.45) is 5.11 Å². The molecule has 0 saturated carbocycles. The Labute approximate surface area is 161 Å². The van der Waals surface area contributed by atoms with Crippen LogP contribution >= 0.6 is 0 Å². The van der Waals surface area contributed by atoms with Crippen molar-refractivity contribution < 1.29 is 4.79 Å². The van der Waals surface area contributed by atoms with Crippen LogP contribution < -0.4 is 4.91 Å². The number of rotatable bonds is 5. The van der Waals surface area contributed by atoms with E-state index in [4.69, 9.17) is 10.5 Å². The summed E-state index contributed by atoms with van der Waals surface area (Å²) in [6, 6.07) is 27.4. The lowest BCUT2D eigenvalue weighted by atomic mass is 9.96. The predicted molar refractivity (Wildman–Crippen MR) is 109 cm³/mol. The van der Waals surface area contributed by atoms with E-state index < -0.39 is 0 Å². The van der Waals surface area contributed by atoms with E-state index in [1.807, 2.05) is 78.9 Å². The van der Waals surface area contributed by atoms with Crippen LogP contribution in [0.5, 0.6) is 0 Å². The molecule has 1 aromatic heterocycles. The summed E-state index contributed by atoms with van der Waals surface area (Å²) in [5.74, 6) is -0.189. The minimum absolute atomic E-state index is 0.160. The molecule has 0 aliphatic rings. The van der Waals surface area contributed by atoms with Gasteiger partial charge in [-0.1, -0.05) is 78.9 Å². The van der Waals surface area contributed by atoms with Gasteiger partial charge in [0, 0.05) is 22.1 Å². The minimum atomic E-state index is -0.189. The number of hydrogen-bond donors (Lipinski definition) is 1. The molecule has 4 aromatic rings. The number of carbonyl (C=O) groups excluding carboxylic acids is 1. The van der Waals surface area contributed by atoms with Crippen LogP contribution in [-0.4, -0.2) is 17.3 Å². The van der Waals surface area contributed by atoms with E-state index in [0.29, 0.717) is 5.56 Å². The highest BCUT2D eigenvalue weighted by Gasteiger charge is 2.17. The van der Waals surface area contributed by atoms with E-state index in [9.17, 15) is 4.79 Å². The lowest BCUT2D eigenvalue weighted by molar-refractivity contribution is 0.100. The quantitative estimate of drug-likeness (QED) is 0.296. The summed E-state index contributed by atoms with van der Waals surface area (Å²) in [6.07, 6.45) is 0. The highest BCUT2D eigenvalue weighted by Crippen LogP contribution is 2.32. The molecule has 4 rings (SSSR count).